The van der Waals surface area contributed by atoms with Crippen LogP contribution in [0.4, 0.5) is 0 Å². The standard InChI is InChI=1S/C11H18N2O3/c1-7(14)12-6-10(2,3)13-8(12)11(4,16-5)9(13)15/h8H,6H2,1-5H3. The third kappa shape index (κ3) is 1.09. The highest BCUT2D eigenvalue weighted by molar-refractivity contribution is 5.95. The van der Waals surface area contributed by atoms with Crippen LogP contribution in [0.1, 0.15) is 27.7 Å². The van der Waals surface area contributed by atoms with Crippen LogP contribution in [0.3, 0.4) is 0 Å². The van der Waals surface area contributed by atoms with Crippen LogP contribution in [0.15, 0.2) is 0 Å². The maximum atomic E-state index is 12.0. The van der Waals surface area contributed by atoms with Gasteiger partial charge < -0.3 is 14.5 Å². The van der Waals surface area contributed by atoms with Crippen molar-refractivity contribution in [3.8, 4) is 0 Å². The molecule has 16 heavy (non-hydrogen) atoms. The molecule has 2 fully saturated rings. The summed E-state index contributed by atoms with van der Waals surface area (Å²) in [4.78, 5) is 27.1. The van der Waals surface area contributed by atoms with Gasteiger partial charge in [-0.3, -0.25) is 9.59 Å². The van der Waals surface area contributed by atoms with Crippen LogP contribution < -0.4 is 0 Å². The minimum atomic E-state index is -0.876. The molecule has 2 rings (SSSR count). The fourth-order valence-corrected chi connectivity index (χ4v) is 2.74. The van der Waals surface area contributed by atoms with E-state index in [0.717, 1.165) is 0 Å². The Hall–Kier alpha value is -1.10. The van der Waals surface area contributed by atoms with Crippen molar-refractivity contribution in [2.45, 2.75) is 45.0 Å². The Morgan fingerprint density at radius 2 is 2.00 bits per heavy atom. The smallest absolute Gasteiger partial charge is 0.260 e. The molecule has 0 N–H and O–H groups in total. The van der Waals surface area contributed by atoms with Gasteiger partial charge in [-0.05, 0) is 20.8 Å². The summed E-state index contributed by atoms with van der Waals surface area (Å²) in [7, 11) is 1.51. The first-order valence-corrected chi connectivity index (χ1v) is 5.42. The SMILES string of the molecule is COC1(C)C(=O)N2C1N(C(C)=O)CC2(C)C. The Kier molecular flexibility index (Phi) is 2.11. The van der Waals surface area contributed by atoms with E-state index < -0.39 is 5.60 Å². The van der Waals surface area contributed by atoms with E-state index >= 15 is 0 Å². The van der Waals surface area contributed by atoms with Gasteiger partial charge in [0.15, 0.2) is 5.60 Å². The fraction of sp³-hybridized carbons (Fsp3) is 0.818. The molecule has 0 bridgehead atoms. The van der Waals surface area contributed by atoms with Crippen LogP contribution in [0.2, 0.25) is 0 Å². The van der Waals surface area contributed by atoms with E-state index in [1.807, 2.05) is 13.8 Å². The number of methoxy groups -OCH3 is 1. The lowest BCUT2D eigenvalue weighted by Gasteiger charge is -2.54. The zero-order valence-corrected chi connectivity index (χ0v) is 10.4. The highest BCUT2D eigenvalue weighted by atomic mass is 16.5. The van der Waals surface area contributed by atoms with Gasteiger partial charge in [0.1, 0.15) is 6.17 Å². The Morgan fingerprint density at radius 1 is 1.44 bits per heavy atom. The molecule has 0 aromatic carbocycles. The van der Waals surface area contributed by atoms with Crippen LogP contribution in [0, 0.1) is 0 Å². The molecule has 2 saturated heterocycles. The third-order valence-corrected chi connectivity index (χ3v) is 3.71. The summed E-state index contributed by atoms with van der Waals surface area (Å²) in [6, 6.07) is 0. The lowest BCUT2D eigenvalue weighted by Crippen LogP contribution is -2.77. The van der Waals surface area contributed by atoms with E-state index in [1.54, 1.807) is 16.7 Å². The van der Waals surface area contributed by atoms with Gasteiger partial charge >= 0.3 is 0 Å². The number of carbonyl (C=O) groups excluding carboxylic acids is 2. The molecule has 2 atom stereocenters. The normalized spacial score (nSPS) is 36.1. The minimum Gasteiger partial charge on any atom is -0.364 e. The third-order valence-electron chi connectivity index (χ3n) is 3.71. The molecular formula is C11H18N2O3. The van der Waals surface area contributed by atoms with Crippen LogP contribution in [0.5, 0.6) is 0 Å². The summed E-state index contributed by atoms with van der Waals surface area (Å²) in [6.07, 6.45) is -0.252. The van der Waals surface area contributed by atoms with Crippen molar-refractivity contribution >= 4 is 11.8 Å². The predicted molar refractivity (Wildman–Crippen MR) is 57.5 cm³/mol. The Balaban J connectivity index is 2.39. The van der Waals surface area contributed by atoms with Gasteiger partial charge in [0.2, 0.25) is 5.91 Å². The van der Waals surface area contributed by atoms with Crippen LogP contribution in [0.25, 0.3) is 0 Å². The lowest BCUT2D eigenvalue weighted by molar-refractivity contribution is -0.210. The number of hydrogen-bond donors (Lipinski definition) is 0. The van der Waals surface area contributed by atoms with E-state index in [4.69, 9.17) is 4.74 Å². The molecule has 2 aliphatic rings. The van der Waals surface area contributed by atoms with Gasteiger partial charge in [-0.1, -0.05) is 0 Å². The molecule has 2 heterocycles. The second kappa shape index (κ2) is 2.97. The van der Waals surface area contributed by atoms with Gasteiger partial charge in [0.25, 0.3) is 5.91 Å². The highest BCUT2D eigenvalue weighted by Crippen LogP contribution is 2.46. The molecule has 0 saturated carbocycles. The summed E-state index contributed by atoms with van der Waals surface area (Å²) in [6.45, 7) is 7.77. The molecular weight excluding hydrogens is 208 g/mol. The van der Waals surface area contributed by atoms with E-state index in [-0.39, 0.29) is 23.5 Å². The zero-order valence-electron chi connectivity index (χ0n) is 10.4. The number of ether oxygens (including phenoxy) is 1. The molecule has 0 spiro atoms. The van der Waals surface area contributed by atoms with Gasteiger partial charge in [0.05, 0.1) is 5.54 Å². The summed E-state index contributed by atoms with van der Waals surface area (Å²) in [5, 5.41) is 0. The van der Waals surface area contributed by atoms with Gasteiger partial charge in [0, 0.05) is 20.6 Å². The monoisotopic (exact) mass is 226 g/mol. The van der Waals surface area contributed by atoms with E-state index in [2.05, 4.69) is 0 Å². The summed E-state index contributed by atoms with van der Waals surface area (Å²) in [5.74, 6) is -0.0508. The van der Waals surface area contributed by atoms with E-state index in [1.165, 1.54) is 14.0 Å². The largest absolute Gasteiger partial charge is 0.364 e. The molecule has 0 radical (unpaired) electrons. The average molecular weight is 226 g/mol. The topological polar surface area (TPSA) is 49.9 Å². The number of β-lactam (4-membered cyclic amide) rings is 1. The first-order valence-electron chi connectivity index (χ1n) is 5.42. The Morgan fingerprint density at radius 3 is 2.44 bits per heavy atom. The second-order valence-electron chi connectivity index (χ2n) is 5.32. The highest BCUT2D eigenvalue weighted by Gasteiger charge is 2.69. The van der Waals surface area contributed by atoms with Crippen LogP contribution in [-0.4, -0.2) is 52.6 Å². The quantitative estimate of drug-likeness (QED) is 0.600. The predicted octanol–water partition coefficient (Wildman–Crippen LogP) is 0.200. The summed E-state index contributed by atoms with van der Waals surface area (Å²) in [5.41, 5.74) is -1.18. The molecule has 2 aliphatic heterocycles. The van der Waals surface area contributed by atoms with Crippen molar-refractivity contribution in [3.63, 3.8) is 0 Å². The summed E-state index contributed by atoms with van der Waals surface area (Å²) >= 11 is 0. The average Bonchev–Trinajstić information content (AvgIpc) is 2.46. The number of nitrogens with zero attached hydrogens (tertiary/aromatic N) is 2. The van der Waals surface area contributed by atoms with Crippen molar-refractivity contribution < 1.29 is 14.3 Å². The number of fused-ring (bicyclic) bond motifs is 1. The van der Waals surface area contributed by atoms with Gasteiger partial charge in [-0.25, -0.2) is 0 Å². The molecule has 0 aliphatic carbocycles. The van der Waals surface area contributed by atoms with Crippen LogP contribution >= 0.6 is 0 Å². The van der Waals surface area contributed by atoms with Gasteiger partial charge in [-0.2, -0.15) is 0 Å². The minimum absolute atomic E-state index is 0.0173. The second-order valence-corrected chi connectivity index (χ2v) is 5.32. The van der Waals surface area contributed by atoms with Crippen molar-refractivity contribution in [1.82, 2.24) is 9.80 Å². The molecule has 0 aromatic heterocycles. The molecule has 2 unspecified atom stereocenters. The first-order chi connectivity index (χ1) is 7.25. The fourth-order valence-electron chi connectivity index (χ4n) is 2.74. The van der Waals surface area contributed by atoms with Crippen molar-refractivity contribution in [2.75, 3.05) is 13.7 Å². The number of rotatable bonds is 1. The molecule has 90 valence electrons. The molecule has 5 nitrogen and oxygen atoms in total. The van der Waals surface area contributed by atoms with E-state index in [0.29, 0.717) is 6.54 Å². The number of amides is 2. The molecule has 0 aromatic rings. The van der Waals surface area contributed by atoms with E-state index in [9.17, 15) is 9.59 Å². The van der Waals surface area contributed by atoms with Gasteiger partial charge in [-0.15, -0.1) is 0 Å². The number of hydrogen-bond acceptors (Lipinski definition) is 3. The Labute approximate surface area is 95.3 Å². The number of carbonyl (C=O) groups is 2. The van der Waals surface area contributed by atoms with Crippen molar-refractivity contribution in [2.24, 2.45) is 0 Å². The van der Waals surface area contributed by atoms with Crippen molar-refractivity contribution in [3.05, 3.63) is 0 Å². The maximum Gasteiger partial charge on any atom is 0.260 e. The maximum absolute atomic E-state index is 12.0. The Bertz CT molecular complexity index is 366. The molecule has 5 heteroatoms. The van der Waals surface area contributed by atoms with Crippen molar-refractivity contribution in [1.29, 1.82) is 0 Å². The van der Waals surface area contributed by atoms with Crippen LogP contribution in [-0.2, 0) is 14.3 Å². The first kappa shape index (κ1) is 11.4. The molecule has 2 amide bonds. The zero-order chi connectivity index (χ0) is 12.3. The lowest BCUT2D eigenvalue weighted by atomic mass is 9.87. The summed E-state index contributed by atoms with van der Waals surface area (Å²) < 4.78 is 5.29.